The van der Waals surface area contributed by atoms with E-state index in [0.717, 1.165) is 138 Å². The molecule has 4 fully saturated rings. The number of methoxy groups -OCH3 is 6. The molecule has 0 radical (unpaired) electrons. The number of imidazole rings is 4. The van der Waals surface area contributed by atoms with E-state index in [-0.39, 0.29) is 53.8 Å². The average molecular weight is 1900 g/mol. The first-order chi connectivity index (χ1) is 65.0. The van der Waals surface area contributed by atoms with Crippen molar-refractivity contribution in [1.29, 1.82) is 0 Å². The molecule has 0 atom stereocenters. The molecule has 0 unspecified atom stereocenters. The van der Waals surface area contributed by atoms with Gasteiger partial charge >= 0.3 is 12.4 Å². The summed E-state index contributed by atoms with van der Waals surface area (Å²) in [6.07, 6.45) is 17.9. The van der Waals surface area contributed by atoms with Gasteiger partial charge in [0.15, 0.2) is 45.9 Å². The van der Waals surface area contributed by atoms with E-state index in [9.17, 15) is 44.3 Å². The van der Waals surface area contributed by atoms with Crippen LogP contribution in [-0.4, -0.2) is 197 Å². The van der Waals surface area contributed by atoms with Gasteiger partial charge < -0.3 is 91.3 Å². The summed E-state index contributed by atoms with van der Waals surface area (Å²) in [4.78, 5) is 87.0. The maximum absolute atomic E-state index is 12.5. The summed E-state index contributed by atoms with van der Waals surface area (Å²) in [6.45, 7) is 2.47. The van der Waals surface area contributed by atoms with Gasteiger partial charge in [-0.2, -0.15) is 66.2 Å². The first-order valence-electron chi connectivity index (χ1n) is 43.5. The molecule has 42 heteroatoms. The molecule has 0 amide bonds. The van der Waals surface area contributed by atoms with Crippen LogP contribution >= 0.6 is 11.6 Å². The number of rotatable bonds is 30. The number of Topliss-reactive ketones (excluding diaryl/α,β-unsaturated/α-hetero) is 2. The highest BCUT2D eigenvalue weighted by molar-refractivity contribution is 7.90. The predicted molar refractivity (Wildman–Crippen MR) is 505 cm³/mol. The lowest BCUT2D eigenvalue weighted by molar-refractivity contribution is -0.171. The minimum Gasteiger partial charge on any atom is -0.497 e. The van der Waals surface area contributed by atoms with Crippen LogP contribution in [0.1, 0.15) is 142 Å². The van der Waals surface area contributed by atoms with Crippen LogP contribution in [0.5, 0.6) is 34.5 Å². The number of ketones is 2. The Balaban J connectivity index is 0.000000167. The summed E-state index contributed by atoms with van der Waals surface area (Å²) in [7, 11) is 6.65. The quantitative estimate of drug-likeness (QED) is 0.0113. The zero-order chi connectivity index (χ0) is 96.4. The molecule has 712 valence electrons. The first kappa shape index (κ1) is 101. The largest absolute Gasteiger partial charge is 0.497 e. The van der Waals surface area contributed by atoms with Gasteiger partial charge in [-0.1, -0.05) is 5.92 Å². The highest BCUT2D eigenvalue weighted by atomic mass is 35.5. The number of H-pyrrole nitrogens is 4. The summed E-state index contributed by atoms with van der Waals surface area (Å²) in [5.41, 5.74) is 12.9. The predicted octanol–water partition coefficient (Wildman–Crippen LogP) is 16.1. The van der Waals surface area contributed by atoms with Gasteiger partial charge in [-0.25, -0.2) is 28.4 Å². The Hall–Kier alpha value is -14.3. The summed E-state index contributed by atoms with van der Waals surface area (Å²) in [6, 6.07) is 17.2. The van der Waals surface area contributed by atoms with Crippen LogP contribution in [0, 0.1) is 95.2 Å². The monoisotopic (exact) mass is 1900 g/mol. The van der Waals surface area contributed by atoms with Crippen molar-refractivity contribution in [2.45, 2.75) is 178 Å². The van der Waals surface area contributed by atoms with E-state index in [1.807, 2.05) is 30.3 Å². The number of aromatic amines is 4. The molecule has 8 heterocycles. The molecule has 4 saturated carbocycles. The van der Waals surface area contributed by atoms with E-state index in [1.54, 1.807) is 86.5 Å². The summed E-state index contributed by atoms with van der Waals surface area (Å²) >= 11 is 5.89. The second-order valence-electron chi connectivity index (χ2n) is 32.0. The number of hydrogen-bond acceptors (Lipinski definition) is 30. The number of anilines is 10. The molecule has 3 aromatic carbocycles. The van der Waals surface area contributed by atoms with Gasteiger partial charge in [0.05, 0.1) is 90.8 Å². The number of fused-ring (bicyclic) bond motifs is 4. The van der Waals surface area contributed by atoms with Crippen molar-refractivity contribution in [3.63, 3.8) is 0 Å². The molecule has 0 spiro atoms. The fourth-order valence-corrected chi connectivity index (χ4v) is 16.6. The van der Waals surface area contributed by atoms with Crippen molar-refractivity contribution in [2.75, 3.05) is 98.4 Å². The lowest BCUT2D eigenvalue weighted by Crippen LogP contribution is -2.29. The Bertz CT molecular complexity index is 6360. The molecule has 0 saturated heterocycles. The number of nitrogens with two attached hydrogens (primary N) is 1. The fraction of sp³-hybridized carbons (Fsp3) is 0.441. The number of terminal acetylenes is 1. The van der Waals surface area contributed by atoms with E-state index in [2.05, 4.69) is 172 Å². The molecule has 4 aliphatic carbocycles. The van der Waals surface area contributed by atoms with Crippen LogP contribution < -0.4 is 71.4 Å². The molecule has 13 N–H and O–H groups in total. The average Bonchev–Trinajstić information content (AvgIpc) is 1.73. The van der Waals surface area contributed by atoms with Gasteiger partial charge in [-0.15, -0.1) is 6.42 Å². The summed E-state index contributed by atoms with van der Waals surface area (Å²) in [5, 5.41) is 23.6. The van der Waals surface area contributed by atoms with E-state index in [4.69, 9.17) is 62.1 Å². The summed E-state index contributed by atoms with van der Waals surface area (Å²) < 4.78 is 129. The van der Waals surface area contributed by atoms with Crippen molar-refractivity contribution in [3.05, 3.63) is 85.2 Å². The third kappa shape index (κ3) is 30.6. The van der Waals surface area contributed by atoms with Crippen LogP contribution in [0.15, 0.2) is 79.9 Å². The van der Waals surface area contributed by atoms with Crippen LogP contribution in [0.25, 0.3) is 44.7 Å². The molecule has 8 aromatic heterocycles. The van der Waals surface area contributed by atoms with E-state index >= 15 is 0 Å². The number of hydrogen-bond donors (Lipinski definition) is 12. The van der Waals surface area contributed by atoms with E-state index < -0.39 is 46.6 Å². The maximum atomic E-state index is 12.5. The maximum Gasteiger partial charge on any atom is 0.449 e. The van der Waals surface area contributed by atoms with Crippen LogP contribution in [-0.2, 0) is 19.4 Å². The normalized spacial score (nSPS) is 17.8. The number of aromatic nitrogens is 16. The van der Waals surface area contributed by atoms with Crippen molar-refractivity contribution >= 4 is 136 Å². The van der Waals surface area contributed by atoms with Crippen molar-refractivity contribution < 1.29 is 72.8 Å². The molecule has 0 bridgehead atoms. The van der Waals surface area contributed by atoms with E-state index in [1.165, 1.54) is 18.9 Å². The third-order valence-electron chi connectivity index (χ3n) is 23.0. The zero-order valence-corrected chi connectivity index (χ0v) is 77.1. The van der Waals surface area contributed by atoms with E-state index in [0.29, 0.717) is 133 Å². The smallest absolute Gasteiger partial charge is 0.449 e. The van der Waals surface area contributed by atoms with Crippen LogP contribution in [0.2, 0.25) is 5.28 Å². The van der Waals surface area contributed by atoms with Gasteiger partial charge in [0.1, 0.15) is 66.4 Å². The van der Waals surface area contributed by atoms with Crippen LogP contribution in [0.3, 0.4) is 0 Å². The number of halogens is 7. The second kappa shape index (κ2) is 49.5. The highest BCUT2D eigenvalue weighted by Gasteiger charge is 2.40. The number of alkyl halides is 6. The molecular weight excluding hydrogens is 1790 g/mol. The highest BCUT2D eigenvalue weighted by Crippen LogP contribution is 2.40. The topological polar surface area (TPSA) is 452 Å². The molecule has 4 aliphatic rings. The Morgan fingerprint density at radius 1 is 0.430 bits per heavy atom. The second-order valence-corrected chi connectivity index (χ2v) is 34.6. The Labute approximate surface area is 781 Å². The van der Waals surface area contributed by atoms with Crippen molar-refractivity contribution in [3.8, 4) is 106 Å². The van der Waals surface area contributed by atoms with Gasteiger partial charge in [0, 0.05) is 61.5 Å². The number of nitrogens with zero attached hydrogens (tertiary/aromatic N) is 12. The number of benzene rings is 3. The first-order valence-corrected chi connectivity index (χ1v) is 46.0. The van der Waals surface area contributed by atoms with Gasteiger partial charge in [0.25, 0.3) is 0 Å². The SMILES string of the molecule is C#CC#CC#CC#CC#CC#CC.COc1ccc(Nc2nc(NC3CCC(CCC(=O)C(F)(F)F)CC3)c3[nH]cnc3n2)c(OC)c1.COc1ccc(Nc2nc(NC3CCC(CCS(C)(=O)=O)CC3)c3[nH]cnc3n2)c(OC)c1.COc1ccc(Nc2nc(NC3CCC(CN)CC3)c3[nH]cnc3n2)c(OC)c1.O=C(CCC1CCC(Nc2nc(Cl)nc3nc[nH]c23)CC1)C(F)(F)F. The lowest BCUT2D eigenvalue weighted by atomic mass is 9.83. The Morgan fingerprint density at radius 2 is 0.726 bits per heavy atom. The van der Waals surface area contributed by atoms with Crippen LogP contribution in [0.4, 0.5) is 84.5 Å². The third-order valence-corrected chi connectivity index (χ3v) is 24.1. The minimum absolute atomic E-state index is 0.0920. The summed E-state index contributed by atoms with van der Waals surface area (Å²) in [5.74, 6) is 32.9. The minimum atomic E-state index is -4.75. The number of carbonyl (C=O) groups is 2. The number of ether oxygens (including phenoxy) is 6. The van der Waals surface area contributed by atoms with Gasteiger partial charge in [-0.3, -0.25) is 9.59 Å². The van der Waals surface area contributed by atoms with Gasteiger partial charge in [0.2, 0.25) is 34.7 Å². The van der Waals surface area contributed by atoms with Crippen molar-refractivity contribution in [1.82, 2.24) is 79.7 Å². The van der Waals surface area contributed by atoms with Gasteiger partial charge in [-0.05, 0) is 266 Å². The lowest BCUT2D eigenvalue weighted by Gasteiger charge is -2.29. The molecule has 34 nitrogen and oxygen atoms in total. The molecule has 15 rings (SSSR count). The number of sulfone groups is 1. The molecule has 11 aromatic rings. The zero-order valence-electron chi connectivity index (χ0n) is 75.5. The molecule has 0 aliphatic heterocycles. The molecular formula is C93H105ClF6N24O10S. The Morgan fingerprint density at radius 3 is 1.01 bits per heavy atom. The standard InChI is InChI=1S/C23H27F3N6O3.C22H30N6O4S.C20H27N7O2.C15H17ClF3N5O.C13H4/c1-34-15-8-9-16(17(11-15)35-2)30-22-31-20-19(27-12-28-20)21(32-22)29-14-6-3-13(4-7-14)5-10-18(33)23(24,25)26;1-31-16-8-9-17(18(12-16)32-2)26-22-27-20-19(23-13-24-20)21(28-22)25-15-6-4-14(5-7-15)10-11-33(3,29)30;1-28-14-7-8-15(16(9-14)29-2)25-20-26-18-17(22-11-23-18)19(27-20)24-13-5-3-12(10-21)4-6-13;16-14-23-12-11(20-7-21-12)13(24-14)22-9-4-1-8(2-5-9)3-6-10(25)15(17,18)19;1-3-5-7-9-11-13-12-10-8-6-4-2/h8-9,11-14H,3-7,10H2,1-2H3,(H3,27,28,29,30,31,32);8-9,12-15H,4-7,10-11H2,1-3H3,(H3,23,24,25,26,27,28);7-9,11-13H,3-6,10,21H2,1-2H3,(H3,22,23,24,25,26,27);7-9H,1-6H2,(H2,20,21,22,23,24);1H,2H3. The molecule has 135 heavy (non-hydrogen) atoms. The Kier molecular flexibility index (Phi) is 37.1. The number of carbonyl (C=O) groups excluding carboxylic acids is 2. The number of nitrogens with one attached hydrogen (secondary N) is 11. The van der Waals surface area contributed by atoms with Crippen molar-refractivity contribution in [2.24, 2.45) is 29.4 Å². The fourth-order valence-electron chi connectivity index (χ4n) is 15.7.